The van der Waals surface area contributed by atoms with E-state index in [1.54, 1.807) is 24.3 Å². The van der Waals surface area contributed by atoms with Gasteiger partial charge in [0.2, 0.25) is 0 Å². The van der Waals surface area contributed by atoms with Crippen molar-refractivity contribution in [3.05, 3.63) is 60.2 Å². The van der Waals surface area contributed by atoms with Crippen LogP contribution in [0.3, 0.4) is 0 Å². The molecule has 20 heavy (non-hydrogen) atoms. The summed E-state index contributed by atoms with van der Waals surface area (Å²) in [6.07, 6.45) is -0.991. The number of hydrogen-bond donors (Lipinski definition) is 1. The zero-order valence-corrected chi connectivity index (χ0v) is 10.6. The lowest BCUT2D eigenvalue weighted by molar-refractivity contribution is 0.0599. The Labute approximate surface area is 115 Å². The van der Waals surface area contributed by atoms with Crippen molar-refractivity contribution in [1.29, 1.82) is 0 Å². The molecule has 3 nitrogen and oxygen atoms in total. The van der Waals surface area contributed by atoms with Crippen LogP contribution in [-0.2, 0) is 0 Å². The molecule has 2 aromatic rings. The third kappa shape index (κ3) is 3.93. The summed E-state index contributed by atoms with van der Waals surface area (Å²) in [4.78, 5) is 0. The molecule has 0 aromatic heterocycles. The molecule has 0 amide bonds. The quantitative estimate of drug-likeness (QED) is 0.884. The molecular weight excluding hydrogens is 266 g/mol. The first-order valence-electron chi connectivity index (χ1n) is 6.09. The van der Waals surface area contributed by atoms with Crippen molar-refractivity contribution in [2.24, 2.45) is 0 Å². The zero-order valence-electron chi connectivity index (χ0n) is 10.6. The van der Waals surface area contributed by atoms with Gasteiger partial charge in [-0.15, -0.1) is 0 Å². The minimum Gasteiger partial charge on any atom is -0.488 e. The number of ether oxygens (including phenoxy) is 2. The minimum atomic E-state index is -0.991. The average molecular weight is 280 g/mol. The number of benzene rings is 2. The number of hydrogen-bond acceptors (Lipinski definition) is 3. The fourth-order valence-corrected chi connectivity index (χ4v) is 1.54. The van der Waals surface area contributed by atoms with E-state index in [2.05, 4.69) is 0 Å². The van der Waals surface area contributed by atoms with Gasteiger partial charge in [-0.2, -0.15) is 0 Å². The second-order valence-electron chi connectivity index (χ2n) is 4.14. The summed E-state index contributed by atoms with van der Waals surface area (Å²) in [6.45, 7) is -0.287. The summed E-state index contributed by atoms with van der Waals surface area (Å²) in [5.74, 6) is -0.903. The minimum absolute atomic E-state index is 0.0532. The highest BCUT2D eigenvalue weighted by molar-refractivity contribution is 5.24. The van der Waals surface area contributed by atoms with Gasteiger partial charge in [-0.1, -0.05) is 24.3 Å². The molecule has 5 heteroatoms. The Morgan fingerprint density at radius 1 is 0.800 bits per heavy atom. The average Bonchev–Trinajstić information content (AvgIpc) is 2.45. The Morgan fingerprint density at radius 3 is 1.60 bits per heavy atom. The smallest absolute Gasteiger partial charge is 0.165 e. The molecule has 0 aliphatic rings. The molecule has 2 aromatic carbocycles. The first kappa shape index (κ1) is 14.3. The maximum absolute atomic E-state index is 13.3. The van der Waals surface area contributed by atoms with Gasteiger partial charge in [0, 0.05) is 0 Å². The number of aliphatic hydroxyl groups is 1. The summed E-state index contributed by atoms with van der Waals surface area (Å²) in [6, 6.07) is 11.8. The molecule has 0 unspecified atom stereocenters. The molecule has 0 heterocycles. The van der Waals surface area contributed by atoms with Gasteiger partial charge in [-0.3, -0.25) is 0 Å². The molecule has 2 rings (SSSR count). The van der Waals surface area contributed by atoms with Crippen molar-refractivity contribution >= 4 is 0 Å². The van der Waals surface area contributed by atoms with E-state index in [1.165, 1.54) is 24.3 Å². The van der Waals surface area contributed by atoms with Crippen LogP contribution >= 0.6 is 0 Å². The number of aliphatic hydroxyl groups excluding tert-OH is 1. The lowest BCUT2D eigenvalue weighted by Gasteiger charge is -2.14. The third-order valence-corrected chi connectivity index (χ3v) is 2.54. The maximum Gasteiger partial charge on any atom is 0.165 e. The zero-order chi connectivity index (χ0) is 14.4. The van der Waals surface area contributed by atoms with Crippen LogP contribution in [0.2, 0.25) is 0 Å². The molecule has 1 N–H and O–H groups in total. The Bertz CT molecular complexity index is 511. The fourth-order valence-electron chi connectivity index (χ4n) is 1.54. The van der Waals surface area contributed by atoms with Gasteiger partial charge in [0.25, 0.3) is 0 Å². The first-order valence-corrected chi connectivity index (χ1v) is 6.09. The summed E-state index contributed by atoms with van der Waals surface area (Å²) in [5, 5.41) is 9.66. The molecule has 0 atom stereocenters. The fraction of sp³-hybridized carbons (Fsp3) is 0.200. The lowest BCUT2D eigenvalue weighted by Crippen LogP contribution is -2.25. The Hall–Kier alpha value is -2.14. The van der Waals surface area contributed by atoms with Crippen LogP contribution in [0.15, 0.2) is 48.5 Å². The van der Waals surface area contributed by atoms with Gasteiger partial charge in [0.15, 0.2) is 23.1 Å². The van der Waals surface area contributed by atoms with Crippen LogP contribution in [0.25, 0.3) is 0 Å². The lowest BCUT2D eigenvalue weighted by atomic mass is 10.3. The monoisotopic (exact) mass is 280 g/mol. The second kappa shape index (κ2) is 6.86. The van der Waals surface area contributed by atoms with Crippen molar-refractivity contribution in [3.63, 3.8) is 0 Å². The van der Waals surface area contributed by atoms with Crippen molar-refractivity contribution in [3.8, 4) is 11.5 Å². The summed E-state index contributed by atoms with van der Waals surface area (Å²) < 4.78 is 36.7. The van der Waals surface area contributed by atoms with E-state index in [0.717, 1.165) is 0 Å². The topological polar surface area (TPSA) is 38.7 Å². The van der Waals surface area contributed by atoms with Crippen LogP contribution in [-0.4, -0.2) is 24.4 Å². The van der Waals surface area contributed by atoms with Crippen LogP contribution in [0, 0.1) is 11.6 Å². The van der Waals surface area contributed by atoms with E-state index in [-0.39, 0.29) is 24.7 Å². The highest BCUT2D eigenvalue weighted by Gasteiger charge is 2.10. The molecule has 0 saturated heterocycles. The Kier molecular flexibility index (Phi) is 4.90. The number of halogens is 2. The van der Waals surface area contributed by atoms with E-state index in [0.29, 0.717) is 0 Å². The van der Waals surface area contributed by atoms with E-state index < -0.39 is 17.7 Å². The summed E-state index contributed by atoms with van der Waals surface area (Å²) in [7, 11) is 0. The van der Waals surface area contributed by atoms with Crippen molar-refractivity contribution in [2.75, 3.05) is 13.2 Å². The third-order valence-electron chi connectivity index (χ3n) is 2.54. The van der Waals surface area contributed by atoms with Gasteiger partial charge in [0.05, 0.1) is 0 Å². The standard InChI is InChI=1S/C15H14F2O3/c16-12-5-1-3-7-14(12)19-9-11(18)10-20-15-8-4-2-6-13(15)17/h1-8,11,18H,9-10H2. The molecule has 0 aliphatic carbocycles. The SMILES string of the molecule is OC(COc1ccccc1F)COc1ccccc1F. The number of para-hydroxylation sites is 2. The van der Waals surface area contributed by atoms with Crippen LogP contribution in [0.1, 0.15) is 0 Å². The molecular formula is C15H14F2O3. The molecule has 0 radical (unpaired) electrons. The molecule has 0 fully saturated rings. The highest BCUT2D eigenvalue weighted by atomic mass is 19.1. The van der Waals surface area contributed by atoms with Crippen molar-refractivity contribution in [2.45, 2.75) is 6.10 Å². The Balaban J connectivity index is 1.80. The Morgan fingerprint density at radius 2 is 1.20 bits per heavy atom. The molecule has 0 spiro atoms. The van der Waals surface area contributed by atoms with Gasteiger partial charge >= 0.3 is 0 Å². The van der Waals surface area contributed by atoms with Crippen molar-refractivity contribution < 1.29 is 23.4 Å². The normalized spacial score (nSPS) is 10.6. The molecule has 106 valence electrons. The van der Waals surface area contributed by atoms with E-state index in [1.807, 2.05) is 0 Å². The highest BCUT2D eigenvalue weighted by Crippen LogP contribution is 2.17. The van der Waals surface area contributed by atoms with Crippen LogP contribution in [0.4, 0.5) is 8.78 Å². The van der Waals surface area contributed by atoms with E-state index in [9.17, 15) is 13.9 Å². The van der Waals surface area contributed by atoms with E-state index in [4.69, 9.17) is 9.47 Å². The summed E-state index contributed by atoms with van der Waals surface area (Å²) >= 11 is 0. The largest absolute Gasteiger partial charge is 0.488 e. The predicted octanol–water partition coefficient (Wildman–Crippen LogP) is 2.78. The second-order valence-corrected chi connectivity index (χ2v) is 4.14. The number of rotatable bonds is 6. The molecule has 0 bridgehead atoms. The molecule has 0 aliphatic heterocycles. The van der Waals surface area contributed by atoms with Crippen molar-refractivity contribution in [1.82, 2.24) is 0 Å². The first-order chi connectivity index (χ1) is 9.66. The van der Waals surface area contributed by atoms with Crippen LogP contribution in [0.5, 0.6) is 11.5 Å². The van der Waals surface area contributed by atoms with E-state index >= 15 is 0 Å². The predicted molar refractivity (Wildman–Crippen MR) is 69.8 cm³/mol. The van der Waals surface area contributed by atoms with Gasteiger partial charge in [-0.05, 0) is 24.3 Å². The van der Waals surface area contributed by atoms with Gasteiger partial charge < -0.3 is 14.6 Å². The van der Waals surface area contributed by atoms with Gasteiger partial charge in [-0.25, -0.2) is 8.78 Å². The summed E-state index contributed by atoms with van der Waals surface area (Å²) in [5.41, 5.74) is 0. The maximum atomic E-state index is 13.3. The van der Waals surface area contributed by atoms with Crippen LogP contribution < -0.4 is 9.47 Å². The molecule has 0 saturated carbocycles. The van der Waals surface area contributed by atoms with Gasteiger partial charge in [0.1, 0.15) is 19.3 Å².